The average Bonchev–Trinajstić information content (AvgIpc) is 2.86. The highest BCUT2D eigenvalue weighted by Crippen LogP contribution is 2.36. The number of hydrogen-bond donors (Lipinski definition) is 2. The highest BCUT2D eigenvalue weighted by atomic mass is 79.9. The second-order valence-corrected chi connectivity index (χ2v) is 6.53. The van der Waals surface area contributed by atoms with Crippen LogP contribution in [-0.2, 0) is 6.42 Å². The number of hydrazine groups is 1. The lowest BCUT2D eigenvalue weighted by Gasteiger charge is -2.11. The normalized spacial score (nSPS) is 12.9. The third-order valence-corrected chi connectivity index (χ3v) is 5.56. The Hall–Kier alpha value is -0.140. The Morgan fingerprint density at radius 1 is 1.50 bits per heavy atom. The second kappa shape index (κ2) is 5.46. The molecule has 0 aliphatic rings. The van der Waals surface area contributed by atoms with E-state index in [0.29, 0.717) is 0 Å². The van der Waals surface area contributed by atoms with Crippen LogP contribution in [0.2, 0.25) is 0 Å². The number of furan rings is 1. The maximum Gasteiger partial charge on any atom is 0.105 e. The zero-order chi connectivity index (χ0) is 11.5. The first-order chi connectivity index (χ1) is 7.70. The van der Waals surface area contributed by atoms with Crippen molar-refractivity contribution in [2.75, 3.05) is 0 Å². The minimum atomic E-state index is 0.0683. The van der Waals surface area contributed by atoms with Crippen LogP contribution in [0.4, 0.5) is 0 Å². The summed E-state index contributed by atoms with van der Waals surface area (Å²) in [6, 6.07) is 5.95. The lowest BCUT2D eigenvalue weighted by Crippen LogP contribution is -2.28. The largest absolute Gasteiger partial charge is 0.469 e. The third-order valence-electron chi connectivity index (χ3n) is 2.19. The number of nitrogens with two attached hydrogens (primary N) is 1. The Balaban J connectivity index is 2.16. The van der Waals surface area contributed by atoms with Gasteiger partial charge in [-0.15, -0.1) is 11.3 Å². The minimum Gasteiger partial charge on any atom is -0.469 e. The number of thiophene rings is 1. The van der Waals surface area contributed by atoms with Gasteiger partial charge in [0.25, 0.3) is 0 Å². The molecular weight excluding hydrogens is 356 g/mol. The fourth-order valence-corrected chi connectivity index (χ4v) is 3.56. The Bertz CT molecular complexity index is 436. The first kappa shape index (κ1) is 12.3. The zero-order valence-electron chi connectivity index (χ0n) is 8.24. The molecular formula is C10H10Br2N2OS. The molecule has 2 heterocycles. The summed E-state index contributed by atoms with van der Waals surface area (Å²) in [5.41, 5.74) is 2.81. The van der Waals surface area contributed by atoms with E-state index < -0.39 is 0 Å². The molecule has 0 bridgehead atoms. The maximum atomic E-state index is 5.57. The highest BCUT2D eigenvalue weighted by Gasteiger charge is 2.16. The van der Waals surface area contributed by atoms with E-state index in [2.05, 4.69) is 43.4 Å². The molecule has 0 saturated carbocycles. The summed E-state index contributed by atoms with van der Waals surface area (Å²) in [5, 5.41) is 0. The van der Waals surface area contributed by atoms with E-state index in [1.807, 2.05) is 12.1 Å². The van der Waals surface area contributed by atoms with Gasteiger partial charge in [0, 0.05) is 15.8 Å². The van der Waals surface area contributed by atoms with Crippen LogP contribution in [0.15, 0.2) is 37.1 Å². The van der Waals surface area contributed by atoms with Crippen LogP contribution in [-0.4, -0.2) is 0 Å². The molecule has 2 rings (SSSR count). The fourth-order valence-electron chi connectivity index (χ4n) is 1.41. The van der Waals surface area contributed by atoms with Crippen LogP contribution in [0.1, 0.15) is 16.7 Å². The van der Waals surface area contributed by atoms with E-state index in [0.717, 1.165) is 25.3 Å². The van der Waals surface area contributed by atoms with E-state index in [4.69, 9.17) is 10.3 Å². The molecule has 0 fully saturated rings. The molecule has 16 heavy (non-hydrogen) atoms. The quantitative estimate of drug-likeness (QED) is 0.642. The van der Waals surface area contributed by atoms with Gasteiger partial charge in [-0.05, 0) is 50.1 Å². The van der Waals surface area contributed by atoms with Gasteiger partial charge in [-0.2, -0.15) is 0 Å². The fraction of sp³-hybridized carbons (Fsp3) is 0.200. The summed E-state index contributed by atoms with van der Waals surface area (Å²) in [6.07, 6.45) is 2.41. The van der Waals surface area contributed by atoms with Crippen molar-refractivity contribution in [2.45, 2.75) is 12.5 Å². The van der Waals surface area contributed by atoms with Gasteiger partial charge in [-0.25, -0.2) is 0 Å². The van der Waals surface area contributed by atoms with Crippen LogP contribution < -0.4 is 11.3 Å². The van der Waals surface area contributed by atoms with Crippen molar-refractivity contribution < 1.29 is 4.42 Å². The molecule has 0 amide bonds. The van der Waals surface area contributed by atoms with E-state index in [1.165, 1.54) is 0 Å². The Morgan fingerprint density at radius 3 is 2.81 bits per heavy atom. The molecule has 3 nitrogen and oxygen atoms in total. The molecule has 3 N–H and O–H groups in total. The monoisotopic (exact) mass is 364 g/mol. The summed E-state index contributed by atoms with van der Waals surface area (Å²) < 4.78 is 7.43. The van der Waals surface area contributed by atoms with Crippen LogP contribution in [0.25, 0.3) is 0 Å². The summed E-state index contributed by atoms with van der Waals surface area (Å²) in [5.74, 6) is 6.49. The maximum absolute atomic E-state index is 5.57. The molecule has 0 aliphatic carbocycles. The van der Waals surface area contributed by atoms with Crippen molar-refractivity contribution in [3.05, 3.63) is 43.4 Å². The van der Waals surface area contributed by atoms with Gasteiger partial charge in [0.15, 0.2) is 0 Å². The van der Waals surface area contributed by atoms with Gasteiger partial charge in [-0.1, -0.05) is 0 Å². The summed E-state index contributed by atoms with van der Waals surface area (Å²) >= 11 is 8.59. The van der Waals surface area contributed by atoms with E-state index in [9.17, 15) is 0 Å². The van der Waals surface area contributed by atoms with Gasteiger partial charge < -0.3 is 4.42 Å². The van der Waals surface area contributed by atoms with Gasteiger partial charge in [0.1, 0.15) is 5.76 Å². The van der Waals surface area contributed by atoms with Gasteiger partial charge in [0.05, 0.1) is 16.1 Å². The standard InChI is InChI=1S/C10H10Br2N2OS/c11-7-5-9(16-10(7)12)8(14-13)4-6-2-1-3-15-6/h1-3,5,8,14H,4,13H2. The van der Waals surface area contributed by atoms with Crippen molar-refractivity contribution in [1.82, 2.24) is 5.43 Å². The van der Waals surface area contributed by atoms with Crippen molar-refractivity contribution in [3.63, 3.8) is 0 Å². The molecule has 0 aromatic carbocycles. The average molecular weight is 366 g/mol. The molecule has 6 heteroatoms. The summed E-state index contributed by atoms with van der Waals surface area (Å²) in [4.78, 5) is 1.16. The van der Waals surface area contributed by atoms with Crippen molar-refractivity contribution >= 4 is 43.2 Å². The number of nitrogens with one attached hydrogen (secondary N) is 1. The second-order valence-electron chi connectivity index (χ2n) is 3.27. The number of rotatable bonds is 4. The zero-order valence-corrected chi connectivity index (χ0v) is 12.2. The van der Waals surface area contributed by atoms with E-state index in [1.54, 1.807) is 17.6 Å². The van der Waals surface area contributed by atoms with Gasteiger partial charge >= 0.3 is 0 Å². The van der Waals surface area contributed by atoms with E-state index in [-0.39, 0.29) is 6.04 Å². The lowest BCUT2D eigenvalue weighted by atomic mass is 10.1. The summed E-state index contributed by atoms with van der Waals surface area (Å²) in [6.45, 7) is 0. The molecule has 86 valence electrons. The van der Waals surface area contributed by atoms with Crippen molar-refractivity contribution in [1.29, 1.82) is 0 Å². The highest BCUT2D eigenvalue weighted by molar-refractivity contribution is 9.13. The molecule has 1 atom stereocenters. The minimum absolute atomic E-state index is 0.0683. The topological polar surface area (TPSA) is 51.2 Å². The number of halogens is 2. The van der Waals surface area contributed by atoms with Crippen molar-refractivity contribution in [3.8, 4) is 0 Å². The Labute approximate surface area is 114 Å². The molecule has 0 saturated heterocycles. The lowest BCUT2D eigenvalue weighted by molar-refractivity contribution is 0.458. The van der Waals surface area contributed by atoms with Crippen molar-refractivity contribution in [2.24, 2.45) is 5.84 Å². The van der Waals surface area contributed by atoms with Gasteiger partial charge in [0.2, 0.25) is 0 Å². The van der Waals surface area contributed by atoms with Gasteiger partial charge in [-0.3, -0.25) is 11.3 Å². The smallest absolute Gasteiger partial charge is 0.105 e. The third kappa shape index (κ3) is 2.75. The molecule has 1 unspecified atom stereocenters. The summed E-state index contributed by atoms with van der Waals surface area (Å²) in [7, 11) is 0. The molecule has 0 radical (unpaired) electrons. The predicted molar refractivity (Wildman–Crippen MR) is 72.2 cm³/mol. The molecule has 0 aliphatic heterocycles. The van der Waals surface area contributed by atoms with Crippen LogP contribution in [0, 0.1) is 0 Å². The van der Waals surface area contributed by atoms with Crippen LogP contribution in [0.3, 0.4) is 0 Å². The Morgan fingerprint density at radius 2 is 2.31 bits per heavy atom. The molecule has 2 aromatic rings. The predicted octanol–water partition coefficient (Wildman–Crippen LogP) is 3.61. The Kier molecular flexibility index (Phi) is 4.21. The first-order valence-electron chi connectivity index (χ1n) is 4.64. The first-order valence-corrected chi connectivity index (χ1v) is 7.04. The molecule has 2 aromatic heterocycles. The van der Waals surface area contributed by atoms with Crippen LogP contribution in [0.5, 0.6) is 0 Å². The molecule has 0 spiro atoms. The van der Waals surface area contributed by atoms with E-state index >= 15 is 0 Å². The van der Waals surface area contributed by atoms with Crippen LogP contribution >= 0.6 is 43.2 Å². The number of hydrogen-bond acceptors (Lipinski definition) is 4. The SMILES string of the molecule is NNC(Cc1ccco1)c1cc(Br)c(Br)s1.